The van der Waals surface area contributed by atoms with E-state index in [4.69, 9.17) is 4.74 Å². The van der Waals surface area contributed by atoms with Gasteiger partial charge in [0.25, 0.3) is 5.91 Å². The maximum absolute atomic E-state index is 14.2. The van der Waals surface area contributed by atoms with Gasteiger partial charge in [0, 0.05) is 42.4 Å². The lowest BCUT2D eigenvalue weighted by Gasteiger charge is -2.40. The summed E-state index contributed by atoms with van der Waals surface area (Å²) in [6.45, 7) is 0.473. The first-order valence-electron chi connectivity index (χ1n) is 12.5. The van der Waals surface area contributed by atoms with Crippen LogP contribution in [0.5, 0.6) is 11.5 Å². The van der Waals surface area contributed by atoms with Crippen molar-refractivity contribution in [3.63, 3.8) is 0 Å². The Morgan fingerprint density at radius 1 is 1.11 bits per heavy atom. The van der Waals surface area contributed by atoms with Crippen LogP contribution in [0.2, 0.25) is 0 Å². The van der Waals surface area contributed by atoms with E-state index in [-0.39, 0.29) is 41.1 Å². The highest BCUT2D eigenvalue weighted by molar-refractivity contribution is 5.95. The number of amides is 1. The Labute approximate surface area is 214 Å². The second kappa shape index (κ2) is 12.0. The number of hydrogen-bond acceptors (Lipinski definition) is 4. The lowest BCUT2D eigenvalue weighted by molar-refractivity contribution is -0.0512. The molecule has 2 aliphatic rings. The highest BCUT2D eigenvalue weighted by Crippen LogP contribution is 2.33. The summed E-state index contributed by atoms with van der Waals surface area (Å²) in [5, 5.41) is 0. The number of likely N-dealkylation sites (tertiary alicyclic amines) is 1. The number of benzene rings is 2. The highest BCUT2D eigenvalue weighted by atomic mass is 19.3. The first kappa shape index (κ1) is 27.0. The summed E-state index contributed by atoms with van der Waals surface area (Å²) >= 11 is 0. The van der Waals surface area contributed by atoms with Crippen LogP contribution >= 0.6 is 0 Å². The molecule has 1 heterocycles. The molecule has 5 nitrogen and oxygen atoms in total. The van der Waals surface area contributed by atoms with Crippen LogP contribution in [0.1, 0.15) is 54.9 Å². The molecule has 1 saturated carbocycles. The van der Waals surface area contributed by atoms with Gasteiger partial charge >= 0.3 is 6.61 Å². The van der Waals surface area contributed by atoms with E-state index in [9.17, 15) is 22.4 Å². The van der Waals surface area contributed by atoms with Crippen LogP contribution in [0.4, 0.5) is 17.6 Å². The Kier molecular flexibility index (Phi) is 8.74. The second-order valence-electron chi connectivity index (χ2n) is 9.70. The number of alkyl halides is 2. The van der Waals surface area contributed by atoms with Crippen molar-refractivity contribution in [1.29, 1.82) is 0 Å². The molecule has 37 heavy (non-hydrogen) atoms. The van der Waals surface area contributed by atoms with Crippen LogP contribution in [-0.4, -0.2) is 61.1 Å². The van der Waals surface area contributed by atoms with Crippen molar-refractivity contribution >= 4 is 12.0 Å². The van der Waals surface area contributed by atoms with E-state index in [1.165, 1.54) is 43.9 Å². The van der Waals surface area contributed by atoms with Crippen LogP contribution in [-0.2, 0) is 0 Å². The quantitative estimate of drug-likeness (QED) is 0.353. The molecule has 2 fully saturated rings. The van der Waals surface area contributed by atoms with Gasteiger partial charge in [-0.15, -0.1) is 0 Å². The summed E-state index contributed by atoms with van der Waals surface area (Å²) in [6.07, 6.45) is 7.18. The van der Waals surface area contributed by atoms with Gasteiger partial charge in [0.05, 0.1) is 7.11 Å². The number of ether oxygens (including phenoxy) is 2. The van der Waals surface area contributed by atoms with Crippen molar-refractivity contribution in [2.45, 2.75) is 57.7 Å². The van der Waals surface area contributed by atoms with Crippen molar-refractivity contribution in [3.8, 4) is 11.5 Å². The summed E-state index contributed by atoms with van der Waals surface area (Å²) in [5.74, 6) is -1.76. The van der Waals surface area contributed by atoms with Crippen molar-refractivity contribution in [2.24, 2.45) is 0 Å². The van der Waals surface area contributed by atoms with E-state index in [2.05, 4.69) is 9.64 Å². The number of carbonyl (C=O) groups excluding carboxylic acids is 1. The predicted molar refractivity (Wildman–Crippen MR) is 133 cm³/mol. The fraction of sp³-hybridized carbons (Fsp3) is 0.464. The van der Waals surface area contributed by atoms with Gasteiger partial charge in [0.1, 0.15) is 11.6 Å². The number of rotatable bonds is 10. The predicted octanol–water partition coefficient (Wildman–Crippen LogP) is 6.14. The fourth-order valence-electron chi connectivity index (χ4n) is 5.13. The molecule has 1 aliphatic heterocycles. The zero-order valence-electron chi connectivity index (χ0n) is 21.1. The fourth-order valence-corrected chi connectivity index (χ4v) is 5.13. The van der Waals surface area contributed by atoms with Gasteiger partial charge in [-0.05, 0) is 69.5 Å². The number of halogens is 4. The van der Waals surface area contributed by atoms with Gasteiger partial charge in [0.2, 0.25) is 0 Å². The molecule has 0 aromatic heterocycles. The zero-order chi connectivity index (χ0) is 26.5. The van der Waals surface area contributed by atoms with Gasteiger partial charge in [-0.2, -0.15) is 8.78 Å². The molecule has 1 atom stereocenters. The average molecular weight is 521 g/mol. The molecule has 0 unspecified atom stereocenters. The maximum Gasteiger partial charge on any atom is 0.387 e. The van der Waals surface area contributed by atoms with Crippen LogP contribution in [0.25, 0.3) is 6.08 Å². The molecule has 0 N–H and O–H groups in total. The zero-order valence-corrected chi connectivity index (χ0v) is 21.1. The van der Waals surface area contributed by atoms with Crippen molar-refractivity contribution in [2.75, 3.05) is 26.7 Å². The molecule has 1 saturated heterocycles. The molecule has 1 aliphatic carbocycles. The molecule has 4 rings (SSSR count). The van der Waals surface area contributed by atoms with E-state index in [1.54, 1.807) is 17.9 Å². The third kappa shape index (κ3) is 6.63. The van der Waals surface area contributed by atoms with Gasteiger partial charge < -0.3 is 14.4 Å². The molecular formula is C28H32F4N2O3. The van der Waals surface area contributed by atoms with Gasteiger partial charge in [-0.25, -0.2) is 8.78 Å². The standard InChI is InChI=1S/C28H32F4N2O3/c1-18(13-19-8-10-21(29)15-24(19)30)16-33(17-23-7-4-12-34(23)22-5-3-6-22)27(35)20-9-11-25(37-28(31)32)26(14-20)36-2/h8-11,13-15,22-23,28H,3-7,12,16-17H2,1-2H3/t23-/m0/s1. The molecule has 1 amide bonds. The Hall–Kier alpha value is -3.07. The smallest absolute Gasteiger partial charge is 0.387 e. The van der Waals surface area contributed by atoms with Gasteiger partial charge in [-0.1, -0.05) is 18.1 Å². The average Bonchev–Trinajstić information content (AvgIpc) is 3.26. The highest BCUT2D eigenvalue weighted by Gasteiger charge is 2.35. The summed E-state index contributed by atoms with van der Waals surface area (Å²) in [4.78, 5) is 17.9. The molecular weight excluding hydrogens is 488 g/mol. The van der Waals surface area contributed by atoms with E-state index >= 15 is 0 Å². The topological polar surface area (TPSA) is 42.0 Å². The molecule has 2 aromatic rings. The first-order chi connectivity index (χ1) is 17.7. The monoisotopic (exact) mass is 520 g/mol. The van der Waals surface area contributed by atoms with Crippen LogP contribution < -0.4 is 9.47 Å². The minimum Gasteiger partial charge on any atom is -0.493 e. The van der Waals surface area contributed by atoms with Crippen molar-refractivity contribution < 1.29 is 31.8 Å². The summed E-state index contributed by atoms with van der Waals surface area (Å²) < 4.78 is 62.7. The Bertz CT molecular complexity index is 1140. The number of hydrogen-bond donors (Lipinski definition) is 0. The van der Waals surface area contributed by atoms with E-state index < -0.39 is 18.2 Å². The van der Waals surface area contributed by atoms with E-state index in [0.717, 1.165) is 43.9 Å². The maximum atomic E-state index is 14.2. The number of carbonyl (C=O) groups is 1. The minimum absolute atomic E-state index is 0.0312. The summed E-state index contributed by atoms with van der Waals surface area (Å²) in [7, 11) is 1.32. The lowest BCUT2D eigenvalue weighted by atomic mass is 9.91. The van der Waals surface area contributed by atoms with E-state index in [1.807, 2.05) is 0 Å². The second-order valence-corrected chi connectivity index (χ2v) is 9.70. The Balaban J connectivity index is 1.59. The van der Waals surface area contributed by atoms with E-state index in [0.29, 0.717) is 12.6 Å². The molecule has 200 valence electrons. The molecule has 2 aromatic carbocycles. The number of methoxy groups -OCH3 is 1. The SMILES string of the molecule is COc1cc(C(=O)N(CC(C)=Cc2ccc(F)cc2F)C[C@@H]2CCCN2C2CCC2)ccc1OC(F)F. The molecule has 0 radical (unpaired) electrons. The normalized spacial score (nSPS) is 18.7. The minimum atomic E-state index is -3.02. The largest absolute Gasteiger partial charge is 0.493 e. The Morgan fingerprint density at radius 3 is 2.54 bits per heavy atom. The first-order valence-corrected chi connectivity index (χ1v) is 12.5. The van der Waals surface area contributed by atoms with Crippen LogP contribution in [0.15, 0.2) is 42.0 Å². The lowest BCUT2D eigenvalue weighted by Crippen LogP contribution is -2.49. The molecule has 9 heteroatoms. The Morgan fingerprint density at radius 2 is 1.89 bits per heavy atom. The molecule has 0 bridgehead atoms. The van der Waals surface area contributed by atoms with Crippen LogP contribution in [0, 0.1) is 11.6 Å². The van der Waals surface area contributed by atoms with Gasteiger partial charge in [0.15, 0.2) is 11.5 Å². The van der Waals surface area contributed by atoms with Crippen molar-refractivity contribution in [3.05, 3.63) is 64.7 Å². The third-order valence-electron chi connectivity index (χ3n) is 7.12. The number of nitrogens with zero attached hydrogens (tertiary/aromatic N) is 2. The van der Waals surface area contributed by atoms with Crippen molar-refractivity contribution in [1.82, 2.24) is 9.80 Å². The van der Waals surface area contributed by atoms with Gasteiger partial charge in [-0.3, -0.25) is 9.69 Å². The third-order valence-corrected chi connectivity index (χ3v) is 7.12. The molecule has 0 spiro atoms. The summed E-state index contributed by atoms with van der Waals surface area (Å²) in [5.41, 5.74) is 1.22. The summed E-state index contributed by atoms with van der Waals surface area (Å²) in [6, 6.07) is 8.25. The van der Waals surface area contributed by atoms with Crippen LogP contribution in [0.3, 0.4) is 0 Å².